The molecule has 2 aliphatic heterocycles. The quantitative estimate of drug-likeness (QED) is 0.893. The molecule has 3 rings (SSSR count). The van der Waals surface area contributed by atoms with Gasteiger partial charge in [0.05, 0.1) is 18.2 Å². The van der Waals surface area contributed by atoms with E-state index < -0.39 is 11.4 Å². The standard InChI is InChI=1S/C15H17ClFNO3S/c16-11-7-10(1-2-12(11)17)13-8-18(4-5-21-13)14(19)15(20)3-6-22-9-15/h1-2,7,13,20H,3-6,8-9H2/t13-,15-/m0/s1. The number of aliphatic hydroxyl groups is 1. The van der Waals surface area contributed by atoms with E-state index in [-0.39, 0.29) is 17.0 Å². The fourth-order valence-corrected chi connectivity index (χ4v) is 4.19. The van der Waals surface area contributed by atoms with Gasteiger partial charge in [-0.15, -0.1) is 0 Å². The minimum Gasteiger partial charge on any atom is -0.379 e. The Hall–Kier alpha value is -0.820. The molecule has 2 atom stereocenters. The molecule has 4 nitrogen and oxygen atoms in total. The SMILES string of the molecule is O=C(N1CCO[C@H](c2ccc(F)c(Cl)c2)C1)[C@]1(O)CCSC1. The first kappa shape index (κ1) is 16.1. The molecule has 7 heteroatoms. The van der Waals surface area contributed by atoms with Crippen molar-refractivity contribution >= 4 is 29.3 Å². The third-order valence-electron chi connectivity index (χ3n) is 4.07. The molecule has 0 aromatic heterocycles. The first-order chi connectivity index (χ1) is 10.5. The van der Waals surface area contributed by atoms with Gasteiger partial charge < -0.3 is 14.7 Å². The average Bonchev–Trinajstić information content (AvgIpc) is 2.97. The molecule has 1 aromatic rings. The van der Waals surface area contributed by atoms with Crippen LogP contribution in [0.5, 0.6) is 0 Å². The van der Waals surface area contributed by atoms with Crippen LogP contribution in [0.15, 0.2) is 18.2 Å². The number of rotatable bonds is 2. The highest BCUT2D eigenvalue weighted by molar-refractivity contribution is 7.99. The van der Waals surface area contributed by atoms with E-state index in [1.165, 1.54) is 12.1 Å². The third-order valence-corrected chi connectivity index (χ3v) is 5.53. The van der Waals surface area contributed by atoms with Crippen molar-refractivity contribution in [2.75, 3.05) is 31.2 Å². The van der Waals surface area contributed by atoms with Crippen LogP contribution in [-0.2, 0) is 9.53 Å². The highest BCUT2D eigenvalue weighted by Gasteiger charge is 2.43. The Balaban J connectivity index is 1.73. The Morgan fingerprint density at radius 1 is 1.55 bits per heavy atom. The first-order valence-electron chi connectivity index (χ1n) is 7.16. The van der Waals surface area contributed by atoms with Crippen LogP contribution in [0.1, 0.15) is 18.1 Å². The van der Waals surface area contributed by atoms with Gasteiger partial charge in [-0.1, -0.05) is 17.7 Å². The number of nitrogens with zero attached hydrogens (tertiary/aromatic N) is 1. The number of morpholine rings is 1. The molecule has 22 heavy (non-hydrogen) atoms. The van der Waals surface area contributed by atoms with Crippen LogP contribution in [0.4, 0.5) is 4.39 Å². The molecule has 0 aliphatic carbocycles. The van der Waals surface area contributed by atoms with Crippen molar-refractivity contribution in [1.82, 2.24) is 4.90 Å². The lowest BCUT2D eigenvalue weighted by Crippen LogP contribution is -2.53. The smallest absolute Gasteiger partial charge is 0.255 e. The highest BCUT2D eigenvalue weighted by Crippen LogP contribution is 2.32. The van der Waals surface area contributed by atoms with Gasteiger partial charge in [0.1, 0.15) is 11.9 Å². The van der Waals surface area contributed by atoms with Gasteiger partial charge in [0.25, 0.3) is 5.91 Å². The summed E-state index contributed by atoms with van der Waals surface area (Å²) in [5.41, 5.74) is -0.524. The maximum atomic E-state index is 13.3. The van der Waals surface area contributed by atoms with Gasteiger partial charge in [-0.3, -0.25) is 4.79 Å². The number of halogens is 2. The Bertz CT molecular complexity index is 580. The molecular weight excluding hydrogens is 329 g/mol. The van der Waals surface area contributed by atoms with Crippen molar-refractivity contribution in [3.8, 4) is 0 Å². The lowest BCUT2D eigenvalue weighted by atomic mass is 10.0. The van der Waals surface area contributed by atoms with Gasteiger partial charge in [0, 0.05) is 12.3 Å². The highest BCUT2D eigenvalue weighted by atomic mass is 35.5. The summed E-state index contributed by atoms with van der Waals surface area (Å²) in [6.07, 6.45) is 0.134. The van der Waals surface area contributed by atoms with Crippen LogP contribution in [0.25, 0.3) is 0 Å². The van der Waals surface area contributed by atoms with Crippen LogP contribution < -0.4 is 0 Å². The van der Waals surface area contributed by atoms with E-state index >= 15 is 0 Å². The van der Waals surface area contributed by atoms with Crippen molar-refractivity contribution in [2.45, 2.75) is 18.1 Å². The van der Waals surface area contributed by atoms with Gasteiger partial charge in [-0.2, -0.15) is 11.8 Å². The average molecular weight is 346 g/mol. The van der Waals surface area contributed by atoms with E-state index in [9.17, 15) is 14.3 Å². The molecule has 2 aliphatic rings. The molecule has 2 fully saturated rings. The largest absolute Gasteiger partial charge is 0.379 e. The van der Waals surface area contributed by atoms with Gasteiger partial charge in [0.2, 0.25) is 0 Å². The third kappa shape index (κ3) is 3.11. The van der Waals surface area contributed by atoms with Crippen molar-refractivity contribution in [2.24, 2.45) is 0 Å². The van der Waals surface area contributed by atoms with Gasteiger partial charge in [0.15, 0.2) is 5.60 Å². The number of ether oxygens (including phenoxy) is 1. The normalized spacial score (nSPS) is 28.9. The topological polar surface area (TPSA) is 49.8 Å². The summed E-state index contributed by atoms with van der Waals surface area (Å²) >= 11 is 7.39. The molecule has 2 heterocycles. The minimum absolute atomic E-state index is 0.0374. The molecule has 0 saturated carbocycles. The molecule has 0 unspecified atom stereocenters. The molecule has 0 bridgehead atoms. The van der Waals surface area contributed by atoms with E-state index in [2.05, 4.69) is 0 Å². The predicted octanol–water partition coefficient (Wildman–Crippen LogP) is 2.25. The maximum Gasteiger partial charge on any atom is 0.255 e. The van der Waals surface area contributed by atoms with Crippen molar-refractivity contribution in [3.63, 3.8) is 0 Å². The lowest BCUT2D eigenvalue weighted by molar-refractivity contribution is -0.156. The van der Waals surface area contributed by atoms with Gasteiger partial charge >= 0.3 is 0 Å². The van der Waals surface area contributed by atoms with E-state index in [1.807, 2.05) is 0 Å². The van der Waals surface area contributed by atoms with E-state index in [4.69, 9.17) is 16.3 Å². The number of carbonyl (C=O) groups is 1. The number of carbonyl (C=O) groups excluding carboxylic acids is 1. The summed E-state index contributed by atoms with van der Waals surface area (Å²) in [4.78, 5) is 14.2. The molecule has 1 N–H and O–H groups in total. The molecule has 0 radical (unpaired) electrons. The Labute approximate surface area is 137 Å². The van der Waals surface area contributed by atoms with Crippen LogP contribution >= 0.6 is 23.4 Å². The number of amides is 1. The monoisotopic (exact) mass is 345 g/mol. The zero-order chi connectivity index (χ0) is 15.7. The van der Waals surface area contributed by atoms with E-state index in [1.54, 1.807) is 22.7 Å². The zero-order valence-electron chi connectivity index (χ0n) is 11.9. The summed E-state index contributed by atoms with van der Waals surface area (Å²) in [6, 6.07) is 4.43. The van der Waals surface area contributed by atoms with Crippen LogP contribution in [0, 0.1) is 5.82 Å². The second-order valence-corrected chi connectivity index (χ2v) is 7.13. The van der Waals surface area contributed by atoms with Crippen molar-refractivity contribution in [1.29, 1.82) is 0 Å². The summed E-state index contributed by atoms with van der Waals surface area (Å²) in [5.74, 6) is 0.519. The van der Waals surface area contributed by atoms with Crippen LogP contribution in [0.2, 0.25) is 5.02 Å². The number of hydrogen-bond acceptors (Lipinski definition) is 4. The lowest BCUT2D eigenvalue weighted by Gasteiger charge is -2.36. The zero-order valence-corrected chi connectivity index (χ0v) is 13.5. The Kier molecular flexibility index (Phi) is 4.64. The summed E-state index contributed by atoms with van der Waals surface area (Å²) in [7, 11) is 0. The van der Waals surface area contributed by atoms with Crippen LogP contribution in [0.3, 0.4) is 0 Å². The van der Waals surface area contributed by atoms with Gasteiger partial charge in [-0.05, 0) is 29.9 Å². The molecule has 1 amide bonds. The fourth-order valence-electron chi connectivity index (χ4n) is 2.77. The van der Waals surface area contributed by atoms with Crippen molar-refractivity contribution in [3.05, 3.63) is 34.6 Å². The number of benzene rings is 1. The number of thioether (sulfide) groups is 1. The summed E-state index contributed by atoms with van der Waals surface area (Å²) < 4.78 is 18.9. The predicted molar refractivity (Wildman–Crippen MR) is 83.6 cm³/mol. The Morgan fingerprint density at radius 3 is 3.05 bits per heavy atom. The van der Waals surface area contributed by atoms with Gasteiger partial charge in [-0.25, -0.2) is 4.39 Å². The molecule has 120 valence electrons. The number of hydrogen-bond donors (Lipinski definition) is 1. The minimum atomic E-state index is -1.26. The molecule has 0 spiro atoms. The summed E-state index contributed by atoms with van der Waals surface area (Å²) in [6.45, 7) is 1.18. The van der Waals surface area contributed by atoms with E-state index in [0.29, 0.717) is 31.9 Å². The first-order valence-corrected chi connectivity index (χ1v) is 8.69. The fraction of sp³-hybridized carbons (Fsp3) is 0.533. The second kappa shape index (κ2) is 6.35. The Morgan fingerprint density at radius 2 is 2.36 bits per heavy atom. The molecule has 2 saturated heterocycles. The molecule has 1 aromatic carbocycles. The second-order valence-electron chi connectivity index (χ2n) is 5.62. The maximum absolute atomic E-state index is 13.3. The van der Waals surface area contributed by atoms with Crippen molar-refractivity contribution < 1.29 is 19.0 Å². The van der Waals surface area contributed by atoms with Crippen LogP contribution in [-0.4, -0.2) is 52.7 Å². The molecular formula is C15H17ClFNO3S. The van der Waals surface area contributed by atoms with E-state index in [0.717, 1.165) is 11.3 Å². The summed E-state index contributed by atoms with van der Waals surface area (Å²) in [5, 5.41) is 10.5.